The van der Waals surface area contributed by atoms with Gasteiger partial charge >= 0.3 is 0 Å². The predicted octanol–water partition coefficient (Wildman–Crippen LogP) is 2.78. The molecule has 16 heavy (non-hydrogen) atoms. The largest absolute Gasteiger partial charge is 0.390 e. The van der Waals surface area contributed by atoms with Gasteiger partial charge in [0, 0.05) is 10.0 Å². The molecule has 2 N–H and O–H groups in total. The second-order valence-electron chi connectivity index (χ2n) is 3.49. The molecule has 0 fully saturated rings. The first kappa shape index (κ1) is 11.3. The lowest BCUT2D eigenvalue weighted by atomic mass is 10.1. The van der Waals surface area contributed by atoms with Crippen molar-refractivity contribution in [1.82, 2.24) is 9.97 Å². The first-order chi connectivity index (χ1) is 7.61. The maximum Gasteiger partial charge on any atom is 0.138 e. The Morgan fingerprint density at radius 2 is 2.25 bits per heavy atom. The first-order valence-corrected chi connectivity index (χ1v) is 5.52. The highest BCUT2D eigenvalue weighted by Crippen LogP contribution is 2.30. The van der Waals surface area contributed by atoms with E-state index in [4.69, 9.17) is 5.11 Å². The van der Waals surface area contributed by atoms with Gasteiger partial charge in [-0.05, 0) is 40.5 Å². The van der Waals surface area contributed by atoms with Gasteiger partial charge in [-0.15, -0.1) is 0 Å². The Balaban J connectivity index is 2.55. The Morgan fingerprint density at radius 1 is 1.50 bits per heavy atom. The van der Waals surface area contributed by atoms with Gasteiger partial charge in [-0.2, -0.15) is 0 Å². The summed E-state index contributed by atoms with van der Waals surface area (Å²) < 4.78 is 13.7. The number of benzene rings is 1. The maximum atomic E-state index is 13.1. The molecule has 0 aliphatic rings. The molecule has 3 nitrogen and oxygen atoms in total. The van der Waals surface area contributed by atoms with Crippen LogP contribution in [0.2, 0.25) is 0 Å². The molecule has 0 aliphatic heterocycles. The summed E-state index contributed by atoms with van der Waals surface area (Å²) >= 11 is 3.30. The molecule has 0 atom stereocenters. The van der Waals surface area contributed by atoms with E-state index in [2.05, 4.69) is 25.9 Å². The number of nitrogens with one attached hydrogen (secondary N) is 1. The van der Waals surface area contributed by atoms with Gasteiger partial charge in [-0.25, -0.2) is 9.37 Å². The Bertz CT molecular complexity index is 501. The van der Waals surface area contributed by atoms with Crippen LogP contribution in [-0.2, 0) is 6.61 Å². The van der Waals surface area contributed by atoms with E-state index < -0.39 is 0 Å². The minimum absolute atomic E-state index is 0.0924. The van der Waals surface area contributed by atoms with Crippen LogP contribution in [0, 0.1) is 12.7 Å². The maximum absolute atomic E-state index is 13.1. The molecule has 0 aliphatic carbocycles. The van der Waals surface area contributed by atoms with Crippen LogP contribution in [0.25, 0.3) is 11.4 Å². The molecule has 1 heterocycles. The zero-order valence-electron chi connectivity index (χ0n) is 8.59. The Kier molecular flexibility index (Phi) is 3.07. The van der Waals surface area contributed by atoms with Crippen molar-refractivity contribution < 1.29 is 9.50 Å². The monoisotopic (exact) mass is 284 g/mol. The van der Waals surface area contributed by atoms with E-state index in [9.17, 15) is 4.39 Å². The van der Waals surface area contributed by atoms with E-state index in [1.54, 1.807) is 6.20 Å². The van der Waals surface area contributed by atoms with Crippen LogP contribution >= 0.6 is 15.9 Å². The van der Waals surface area contributed by atoms with Crippen molar-refractivity contribution in [2.75, 3.05) is 0 Å². The fraction of sp³-hybridized carbons (Fsp3) is 0.182. The molecule has 0 bridgehead atoms. The summed E-state index contributed by atoms with van der Waals surface area (Å²) in [4.78, 5) is 7.11. The molecule has 0 spiro atoms. The SMILES string of the molecule is Cc1cc(F)cc(Br)c1-c1ncc(CO)[nH]1. The molecular formula is C11H10BrFN2O. The van der Waals surface area contributed by atoms with Crippen LogP contribution in [0.15, 0.2) is 22.8 Å². The normalized spacial score (nSPS) is 10.8. The van der Waals surface area contributed by atoms with Gasteiger partial charge in [-0.3, -0.25) is 0 Å². The third kappa shape index (κ3) is 2.01. The lowest BCUT2D eigenvalue weighted by molar-refractivity contribution is 0.277. The number of aliphatic hydroxyl groups is 1. The molecule has 5 heteroatoms. The van der Waals surface area contributed by atoms with Crippen molar-refractivity contribution in [2.24, 2.45) is 0 Å². The van der Waals surface area contributed by atoms with E-state index in [0.29, 0.717) is 16.0 Å². The number of imidazole rings is 1. The van der Waals surface area contributed by atoms with Gasteiger partial charge in [0.2, 0.25) is 0 Å². The second-order valence-corrected chi connectivity index (χ2v) is 4.35. The average Bonchev–Trinajstić information content (AvgIpc) is 2.64. The highest BCUT2D eigenvalue weighted by Gasteiger charge is 2.11. The van der Waals surface area contributed by atoms with Gasteiger partial charge in [0.1, 0.15) is 11.6 Å². The zero-order chi connectivity index (χ0) is 11.7. The summed E-state index contributed by atoms with van der Waals surface area (Å²) in [5, 5.41) is 8.94. The molecule has 0 saturated heterocycles. The molecule has 2 aromatic rings. The van der Waals surface area contributed by atoms with Crippen molar-refractivity contribution >= 4 is 15.9 Å². The first-order valence-electron chi connectivity index (χ1n) is 4.72. The second kappa shape index (κ2) is 4.35. The zero-order valence-corrected chi connectivity index (χ0v) is 10.2. The number of hydrogen-bond acceptors (Lipinski definition) is 2. The number of aromatic amines is 1. The van der Waals surface area contributed by atoms with Gasteiger partial charge < -0.3 is 10.1 Å². The minimum atomic E-state index is -0.290. The fourth-order valence-electron chi connectivity index (χ4n) is 1.57. The fourth-order valence-corrected chi connectivity index (χ4v) is 2.29. The average molecular weight is 285 g/mol. The van der Waals surface area contributed by atoms with Gasteiger partial charge in [0.05, 0.1) is 18.5 Å². The van der Waals surface area contributed by atoms with Crippen molar-refractivity contribution in [2.45, 2.75) is 13.5 Å². The molecule has 1 aromatic heterocycles. The minimum Gasteiger partial charge on any atom is -0.390 e. The quantitative estimate of drug-likeness (QED) is 0.891. The van der Waals surface area contributed by atoms with E-state index >= 15 is 0 Å². The number of nitrogens with zero attached hydrogens (tertiary/aromatic N) is 1. The Hall–Kier alpha value is -1.20. The number of aryl methyl sites for hydroxylation is 1. The lowest BCUT2D eigenvalue weighted by Crippen LogP contribution is -1.90. The van der Waals surface area contributed by atoms with Crippen LogP contribution in [0.1, 0.15) is 11.3 Å². The topological polar surface area (TPSA) is 48.9 Å². The summed E-state index contributed by atoms with van der Waals surface area (Å²) in [7, 11) is 0. The van der Waals surface area contributed by atoms with Crippen LogP contribution in [-0.4, -0.2) is 15.1 Å². The summed E-state index contributed by atoms with van der Waals surface area (Å²) in [5.41, 5.74) is 2.22. The van der Waals surface area contributed by atoms with Crippen molar-refractivity contribution in [3.63, 3.8) is 0 Å². The summed E-state index contributed by atoms with van der Waals surface area (Å²) in [6, 6.07) is 2.84. The summed E-state index contributed by atoms with van der Waals surface area (Å²) in [6.07, 6.45) is 1.56. The number of aliphatic hydroxyl groups excluding tert-OH is 1. The molecular weight excluding hydrogens is 275 g/mol. The number of rotatable bonds is 2. The Morgan fingerprint density at radius 3 is 2.81 bits per heavy atom. The van der Waals surface area contributed by atoms with Crippen LogP contribution in [0.5, 0.6) is 0 Å². The summed E-state index contributed by atoms with van der Waals surface area (Å²) in [5.74, 6) is 0.329. The number of H-pyrrole nitrogens is 1. The van der Waals surface area contributed by atoms with E-state index in [1.165, 1.54) is 12.1 Å². The highest BCUT2D eigenvalue weighted by atomic mass is 79.9. The van der Waals surface area contributed by atoms with E-state index in [-0.39, 0.29) is 12.4 Å². The summed E-state index contributed by atoms with van der Waals surface area (Å²) in [6.45, 7) is 1.72. The van der Waals surface area contributed by atoms with Crippen molar-refractivity contribution in [1.29, 1.82) is 0 Å². The lowest BCUT2D eigenvalue weighted by Gasteiger charge is -2.05. The van der Waals surface area contributed by atoms with Crippen LogP contribution in [0.3, 0.4) is 0 Å². The predicted molar refractivity (Wildman–Crippen MR) is 62.3 cm³/mol. The van der Waals surface area contributed by atoms with Crippen molar-refractivity contribution in [3.8, 4) is 11.4 Å². The number of hydrogen-bond donors (Lipinski definition) is 2. The van der Waals surface area contributed by atoms with Gasteiger partial charge in [0.15, 0.2) is 0 Å². The Labute approximate surface area is 100 Å². The number of aromatic nitrogens is 2. The standard InChI is InChI=1S/C11H10BrFN2O/c1-6-2-7(13)3-9(12)10(6)11-14-4-8(5-16)15-11/h2-4,16H,5H2,1H3,(H,14,15). The molecule has 2 rings (SSSR count). The smallest absolute Gasteiger partial charge is 0.138 e. The van der Waals surface area contributed by atoms with Crippen LogP contribution in [0.4, 0.5) is 4.39 Å². The van der Waals surface area contributed by atoms with Gasteiger partial charge in [-0.1, -0.05) is 0 Å². The van der Waals surface area contributed by atoms with Crippen LogP contribution < -0.4 is 0 Å². The third-order valence-electron chi connectivity index (χ3n) is 2.29. The highest BCUT2D eigenvalue weighted by molar-refractivity contribution is 9.10. The molecule has 84 valence electrons. The van der Waals surface area contributed by atoms with E-state index in [1.807, 2.05) is 6.92 Å². The molecule has 0 saturated carbocycles. The van der Waals surface area contributed by atoms with Gasteiger partial charge in [0.25, 0.3) is 0 Å². The number of halogens is 2. The van der Waals surface area contributed by atoms with E-state index in [0.717, 1.165) is 11.1 Å². The molecule has 0 radical (unpaired) electrons. The third-order valence-corrected chi connectivity index (χ3v) is 2.91. The molecule has 1 aromatic carbocycles. The molecule has 0 unspecified atom stereocenters. The molecule has 0 amide bonds. The van der Waals surface area contributed by atoms with Crippen molar-refractivity contribution in [3.05, 3.63) is 39.9 Å².